The Hall–Kier alpha value is -2.94. The van der Waals surface area contributed by atoms with Crippen LogP contribution in [0.1, 0.15) is 5.56 Å². The second-order valence-corrected chi connectivity index (χ2v) is 5.19. The van der Waals surface area contributed by atoms with Crippen LogP contribution in [-0.4, -0.2) is 15.3 Å². The van der Waals surface area contributed by atoms with Crippen LogP contribution in [0, 0.1) is 6.92 Å². The van der Waals surface area contributed by atoms with Crippen LogP contribution in [0.25, 0.3) is 22.3 Å². The third-order valence-corrected chi connectivity index (χ3v) is 3.75. The Labute approximate surface area is 128 Å². The molecule has 0 heterocycles. The van der Waals surface area contributed by atoms with Crippen LogP contribution in [0.5, 0.6) is 17.2 Å². The molecule has 0 aromatic heterocycles. The van der Waals surface area contributed by atoms with Crippen LogP contribution < -0.4 is 0 Å². The maximum atomic E-state index is 10.7. The molecule has 3 rings (SSSR count). The minimum Gasteiger partial charge on any atom is -0.507 e. The molecule has 0 spiro atoms. The largest absolute Gasteiger partial charge is 0.507 e. The van der Waals surface area contributed by atoms with E-state index in [4.69, 9.17) is 0 Å². The molecular weight excluding hydrogens is 276 g/mol. The van der Waals surface area contributed by atoms with Crippen molar-refractivity contribution in [2.45, 2.75) is 6.92 Å². The summed E-state index contributed by atoms with van der Waals surface area (Å²) in [5.41, 5.74) is 3.06. The first-order valence-corrected chi connectivity index (χ1v) is 6.99. The van der Waals surface area contributed by atoms with Crippen LogP contribution >= 0.6 is 0 Å². The highest BCUT2D eigenvalue weighted by atomic mass is 16.3. The van der Waals surface area contributed by atoms with Gasteiger partial charge in [0.05, 0.1) is 0 Å². The molecule has 0 saturated carbocycles. The van der Waals surface area contributed by atoms with E-state index in [1.165, 1.54) is 0 Å². The van der Waals surface area contributed by atoms with Gasteiger partial charge in [-0.15, -0.1) is 0 Å². The van der Waals surface area contributed by atoms with Gasteiger partial charge in [0, 0.05) is 22.3 Å². The van der Waals surface area contributed by atoms with E-state index in [0.717, 1.165) is 5.56 Å². The smallest absolute Gasteiger partial charge is 0.131 e. The molecule has 110 valence electrons. The second-order valence-electron chi connectivity index (χ2n) is 5.19. The van der Waals surface area contributed by atoms with Gasteiger partial charge in [-0.05, 0) is 24.6 Å². The third-order valence-electron chi connectivity index (χ3n) is 3.75. The zero-order valence-electron chi connectivity index (χ0n) is 12.1. The van der Waals surface area contributed by atoms with Crippen molar-refractivity contribution in [1.82, 2.24) is 0 Å². The molecular formula is C19H16O3. The quantitative estimate of drug-likeness (QED) is 0.654. The molecule has 22 heavy (non-hydrogen) atoms. The van der Waals surface area contributed by atoms with Gasteiger partial charge in [0.25, 0.3) is 0 Å². The average Bonchev–Trinajstić information content (AvgIpc) is 2.50. The van der Waals surface area contributed by atoms with Gasteiger partial charge in [0.15, 0.2) is 0 Å². The lowest BCUT2D eigenvalue weighted by Crippen LogP contribution is -1.89. The number of aromatic hydroxyl groups is 3. The molecule has 0 aliphatic rings. The van der Waals surface area contributed by atoms with Gasteiger partial charge in [-0.3, -0.25) is 0 Å². The van der Waals surface area contributed by atoms with Crippen molar-refractivity contribution < 1.29 is 15.3 Å². The number of phenols is 3. The lowest BCUT2D eigenvalue weighted by molar-refractivity contribution is 0.466. The summed E-state index contributed by atoms with van der Waals surface area (Å²) < 4.78 is 0. The molecule has 0 aliphatic carbocycles. The van der Waals surface area contributed by atoms with Crippen LogP contribution in [0.15, 0.2) is 60.7 Å². The number of aryl methyl sites for hydroxylation is 1. The Morgan fingerprint density at radius 1 is 0.591 bits per heavy atom. The van der Waals surface area contributed by atoms with Gasteiger partial charge in [0.1, 0.15) is 17.2 Å². The van der Waals surface area contributed by atoms with Gasteiger partial charge in [-0.2, -0.15) is 0 Å². The van der Waals surface area contributed by atoms with E-state index in [-0.39, 0.29) is 17.2 Å². The number of para-hydroxylation sites is 2. The Morgan fingerprint density at radius 2 is 1.14 bits per heavy atom. The van der Waals surface area contributed by atoms with Crippen molar-refractivity contribution in [3.8, 4) is 39.5 Å². The van der Waals surface area contributed by atoms with Gasteiger partial charge in [-0.25, -0.2) is 0 Å². The normalized spacial score (nSPS) is 10.6. The lowest BCUT2D eigenvalue weighted by atomic mass is 9.93. The highest BCUT2D eigenvalue weighted by Gasteiger charge is 2.17. The van der Waals surface area contributed by atoms with Crippen molar-refractivity contribution >= 4 is 0 Å². The molecule has 3 N–H and O–H groups in total. The molecule has 0 amide bonds. The Bertz CT molecular complexity index is 838. The maximum absolute atomic E-state index is 10.7. The van der Waals surface area contributed by atoms with Gasteiger partial charge < -0.3 is 15.3 Å². The van der Waals surface area contributed by atoms with E-state index in [9.17, 15) is 15.3 Å². The number of rotatable bonds is 2. The molecule has 0 unspecified atom stereocenters. The maximum Gasteiger partial charge on any atom is 0.131 e. The van der Waals surface area contributed by atoms with Gasteiger partial charge in [-0.1, -0.05) is 48.5 Å². The summed E-state index contributed by atoms with van der Waals surface area (Å²) >= 11 is 0. The first-order chi connectivity index (χ1) is 10.6. The van der Waals surface area contributed by atoms with Gasteiger partial charge in [0.2, 0.25) is 0 Å². The number of phenolic OH excluding ortho intramolecular Hbond substituents is 3. The summed E-state index contributed by atoms with van der Waals surface area (Å²) in [5.74, 6) is 0.253. The lowest BCUT2D eigenvalue weighted by Gasteiger charge is -2.15. The highest BCUT2D eigenvalue weighted by Crippen LogP contribution is 2.44. The minimum absolute atomic E-state index is 0.0444. The van der Waals surface area contributed by atoms with Crippen molar-refractivity contribution in [3.63, 3.8) is 0 Å². The molecule has 0 aliphatic heterocycles. The summed E-state index contributed by atoms with van der Waals surface area (Å²) in [7, 11) is 0. The van der Waals surface area contributed by atoms with E-state index in [1.807, 2.05) is 13.0 Å². The first kappa shape index (κ1) is 14.0. The topological polar surface area (TPSA) is 60.7 Å². The van der Waals surface area contributed by atoms with Gasteiger partial charge >= 0.3 is 0 Å². The Balaban J connectivity index is 2.28. The SMILES string of the molecule is Cc1ccc(-c2ccccc2O)c(O)c1-c1ccccc1O. The van der Waals surface area contributed by atoms with Crippen LogP contribution in [0.3, 0.4) is 0 Å². The molecule has 0 fully saturated rings. The molecule has 3 heteroatoms. The van der Waals surface area contributed by atoms with E-state index in [0.29, 0.717) is 22.3 Å². The van der Waals surface area contributed by atoms with Crippen LogP contribution in [0.2, 0.25) is 0 Å². The number of benzene rings is 3. The third kappa shape index (κ3) is 2.27. The molecule has 0 radical (unpaired) electrons. The molecule has 0 bridgehead atoms. The highest BCUT2D eigenvalue weighted by molar-refractivity contribution is 5.87. The monoisotopic (exact) mass is 292 g/mol. The molecule has 0 atom stereocenters. The van der Waals surface area contributed by atoms with E-state index >= 15 is 0 Å². The zero-order valence-corrected chi connectivity index (χ0v) is 12.1. The molecule has 3 aromatic rings. The fourth-order valence-electron chi connectivity index (χ4n) is 2.64. The van der Waals surface area contributed by atoms with E-state index in [2.05, 4.69) is 0 Å². The van der Waals surface area contributed by atoms with Crippen molar-refractivity contribution in [2.24, 2.45) is 0 Å². The van der Waals surface area contributed by atoms with E-state index in [1.54, 1.807) is 54.6 Å². The summed E-state index contributed by atoms with van der Waals surface area (Å²) in [5, 5.41) is 30.8. The fourth-order valence-corrected chi connectivity index (χ4v) is 2.64. The van der Waals surface area contributed by atoms with Crippen LogP contribution in [-0.2, 0) is 0 Å². The summed E-state index contributed by atoms with van der Waals surface area (Å²) in [4.78, 5) is 0. The van der Waals surface area contributed by atoms with Crippen LogP contribution in [0.4, 0.5) is 0 Å². The van der Waals surface area contributed by atoms with E-state index < -0.39 is 0 Å². The van der Waals surface area contributed by atoms with Crippen molar-refractivity contribution in [1.29, 1.82) is 0 Å². The standard InChI is InChI=1S/C19H16O3/c1-12-10-11-14(13-6-2-4-8-16(13)20)19(22)18(12)15-7-3-5-9-17(15)21/h2-11,20-22H,1H3. The van der Waals surface area contributed by atoms with Crippen molar-refractivity contribution in [3.05, 3.63) is 66.2 Å². The molecule has 3 aromatic carbocycles. The predicted octanol–water partition coefficient (Wildman–Crippen LogP) is 4.45. The molecule has 0 saturated heterocycles. The summed E-state index contributed by atoms with van der Waals surface area (Å²) in [6, 6.07) is 17.4. The number of hydrogen-bond acceptors (Lipinski definition) is 3. The predicted molar refractivity (Wildman–Crippen MR) is 87.0 cm³/mol. The summed E-state index contributed by atoms with van der Waals surface area (Å²) in [6.45, 7) is 1.87. The average molecular weight is 292 g/mol. The van der Waals surface area contributed by atoms with Crippen molar-refractivity contribution in [2.75, 3.05) is 0 Å². The fraction of sp³-hybridized carbons (Fsp3) is 0.0526. The number of hydrogen-bond donors (Lipinski definition) is 3. The minimum atomic E-state index is 0.0444. The zero-order chi connectivity index (χ0) is 15.7. The Kier molecular flexibility index (Phi) is 3.47. The molecule has 3 nitrogen and oxygen atoms in total. The Morgan fingerprint density at radius 3 is 1.73 bits per heavy atom. The first-order valence-electron chi connectivity index (χ1n) is 6.99. The second kappa shape index (κ2) is 5.45. The summed E-state index contributed by atoms with van der Waals surface area (Å²) in [6.07, 6.45) is 0.